The first kappa shape index (κ1) is 19.7. The van der Waals surface area contributed by atoms with E-state index < -0.39 is 12.6 Å². The van der Waals surface area contributed by atoms with Gasteiger partial charge in [-0.15, -0.1) is 0 Å². The summed E-state index contributed by atoms with van der Waals surface area (Å²) in [5.41, 5.74) is -0.0289. The number of nitrogens with zero attached hydrogens (tertiary/aromatic N) is 3. The van der Waals surface area contributed by atoms with Crippen molar-refractivity contribution in [3.63, 3.8) is 0 Å². The number of aromatic nitrogens is 3. The number of carbonyl (C=O) groups is 1. The number of alkyl halides is 2. The smallest absolute Gasteiger partial charge is 0.387 e. The highest BCUT2D eigenvalue weighted by atomic mass is 32.1. The van der Waals surface area contributed by atoms with Crippen molar-refractivity contribution < 1.29 is 27.8 Å². The highest BCUT2D eigenvalue weighted by Crippen LogP contribution is 2.29. The Kier molecular flexibility index (Phi) is 5.83. The van der Waals surface area contributed by atoms with Crippen molar-refractivity contribution in [3.05, 3.63) is 50.9 Å². The van der Waals surface area contributed by atoms with Gasteiger partial charge in [0.15, 0.2) is 11.5 Å². The monoisotopic (exact) mass is 411 g/mol. The van der Waals surface area contributed by atoms with Crippen LogP contribution in [0.2, 0.25) is 0 Å². The molecule has 0 unspecified atom stereocenters. The number of hydrogen-bond donors (Lipinski definition) is 0. The first-order chi connectivity index (χ1) is 13.4. The second-order valence-electron chi connectivity index (χ2n) is 5.45. The quantitative estimate of drug-likeness (QED) is 0.552. The van der Waals surface area contributed by atoms with Gasteiger partial charge in [-0.3, -0.25) is 4.79 Å². The standard InChI is InChI=1S/C17H15F2N3O5S/c1-3-13-21-22-14(23)7-10(20-17(22)28-13)8-26-15(24)9-4-5-11(27-16(18)19)12(6-9)25-2/h4-7,16H,3,8H2,1-2H3. The molecule has 0 aliphatic rings. The van der Waals surface area contributed by atoms with Gasteiger partial charge in [0.2, 0.25) is 4.96 Å². The number of esters is 1. The third-order valence-electron chi connectivity index (χ3n) is 3.61. The third kappa shape index (κ3) is 4.25. The fourth-order valence-electron chi connectivity index (χ4n) is 2.32. The molecule has 0 aliphatic carbocycles. The fraction of sp³-hybridized carbons (Fsp3) is 0.294. The van der Waals surface area contributed by atoms with Crippen molar-refractivity contribution in [2.24, 2.45) is 0 Å². The molecule has 8 nitrogen and oxygen atoms in total. The normalized spacial score (nSPS) is 11.0. The van der Waals surface area contributed by atoms with Gasteiger partial charge in [0.1, 0.15) is 11.6 Å². The van der Waals surface area contributed by atoms with Crippen LogP contribution in [-0.4, -0.2) is 34.3 Å². The van der Waals surface area contributed by atoms with Gasteiger partial charge in [0.05, 0.1) is 18.4 Å². The van der Waals surface area contributed by atoms with Gasteiger partial charge in [-0.05, 0) is 24.6 Å². The number of carbonyl (C=O) groups excluding carboxylic acids is 1. The number of halogens is 2. The first-order valence-corrected chi connectivity index (χ1v) is 8.91. The molecule has 148 valence electrons. The van der Waals surface area contributed by atoms with Crippen molar-refractivity contribution in [2.45, 2.75) is 26.6 Å². The SMILES string of the molecule is CCc1nn2c(=O)cc(COC(=O)c3ccc(OC(F)F)c(OC)c3)nc2s1. The Labute approximate surface area is 161 Å². The van der Waals surface area contributed by atoms with E-state index in [4.69, 9.17) is 9.47 Å². The minimum atomic E-state index is -3.02. The molecular weight excluding hydrogens is 396 g/mol. The lowest BCUT2D eigenvalue weighted by molar-refractivity contribution is -0.0512. The molecule has 3 rings (SSSR count). The minimum Gasteiger partial charge on any atom is -0.493 e. The van der Waals surface area contributed by atoms with E-state index in [-0.39, 0.29) is 34.9 Å². The van der Waals surface area contributed by atoms with Crippen molar-refractivity contribution >= 4 is 22.3 Å². The number of rotatable bonds is 7. The zero-order valence-electron chi connectivity index (χ0n) is 14.8. The van der Waals surface area contributed by atoms with E-state index in [2.05, 4.69) is 14.8 Å². The Bertz CT molecular complexity index is 1070. The molecule has 28 heavy (non-hydrogen) atoms. The van der Waals surface area contributed by atoms with Gasteiger partial charge in [-0.25, -0.2) is 9.78 Å². The number of ether oxygens (including phenoxy) is 3. The summed E-state index contributed by atoms with van der Waals surface area (Å²) < 4.78 is 40.3. The number of hydrogen-bond acceptors (Lipinski definition) is 8. The van der Waals surface area contributed by atoms with Crippen LogP contribution < -0.4 is 15.0 Å². The second-order valence-corrected chi connectivity index (χ2v) is 6.49. The first-order valence-electron chi connectivity index (χ1n) is 8.10. The summed E-state index contributed by atoms with van der Waals surface area (Å²) in [7, 11) is 1.26. The van der Waals surface area contributed by atoms with E-state index in [9.17, 15) is 18.4 Å². The molecule has 0 saturated heterocycles. The Morgan fingerprint density at radius 2 is 2.07 bits per heavy atom. The predicted octanol–water partition coefficient (Wildman–Crippen LogP) is 2.68. The lowest BCUT2D eigenvalue weighted by Gasteiger charge is -2.11. The summed E-state index contributed by atoms with van der Waals surface area (Å²) >= 11 is 1.28. The fourth-order valence-corrected chi connectivity index (χ4v) is 3.18. The Morgan fingerprint density at radius 1 is 1.29 bits per heavy atom. The van der Waals surface area contributed by atoms with E-state index in [0.29, 0.717) is 11.4 Å². The molecule has 11 heteroatoms. The molecule has 0 spiro atoms. The summed E-state index contributed by atoms with van der Waals surface area (Å²) in [6.45, 7) is -1.34. The van der Waals surface area contributed by atoms with Crippen LogP contribution in [0.3, 0.4) is 0 Å². The predicted molar refractivity (Wildman–Crippen MR) is 95.3 cm³/mol. The molecule has 3 aromatic rings. The van der Waals surface area contributed by atoms with E-state index in [1.807, 2.05) is 6.92 Å². The van der Waals surface area contributed by atoms with Crippen LogP contribution in [0.25, 0.3) is 4.96 Å². The van der Waals surface area contributed by atoms with Crippen molar-refractivity contribution in [1.82, 2.24) is 14.6 Å². The lowest BCUT2D eigenvalue weighted by Crippen LogP contribution is -2.16. The Hall–Kier alpha value is -3.08. The zero-order chi connectivity index (χ0) is 20.3. The van der Waals surface area contributed by atoms with Crippen LogP contribution in [-0.2, 0) is 17.8 Å². The van der Waals surface area contributed by atoms with Crippen LogP contribution in [0.15, 0.2) is 29.1 Å². The molecule has 0 fully saturated rings. The van der Waals surface area contributed by atoms with E-state index in [0.717, 1.165) is 5.01 Å². The average molecular weight is 411 g/mol. The summed E-state index contributed by atoms with van der Waals surface area (Å²) in [6.07, 6.45) is 0.672. The van der Waals surface area contributed by atoms with Gasteiger partial charge in [-0.1, -0.05) is 18.3 Å². The number of methoxy groups -OCH3 is 1. The van der Waals surface area contributed by atoms with Gasteiger partial charge in [0, 0.05) is 6.07 Å². The highest BCUT2D eigenvalue weighted by Gasteiger charge is 2.16. The molecule has 0 aliphatic heterocycles. The maximum Gasteiger partial charge on any atom is 0.387 e. The van der Waals surface area contributed by atoms with Gasteiger partial charge >= 0.3 is 12.6 Å². The summed E-state index contributed by atoms with van der Waals surface area (Å²) in [5, 5.41) is 4.90. The minimum absolute atomic E-state index is 0.0377. The molecule has 0 bridgehead atoms. The molecule has 0 atom stereocenters. The van der Waals surface area contributed by atoms with Gasteiger partial charge < -0.3 is 14.2 Å². The Morgan fingerprint density at radius 3 is 2.75 bits per heavy atom. The maximum atomic E-state index is 12.4. The van der Waals surface area contributed by atoms with Crippen molar-refractivity contribution in [1.29, 1.82) is 0 Å². The van der Waals surface area contributed by atoms with Crippen LogP contribution in [0.5, 0.6) is 11.5 Å². The molecular formula is C17H15F2N3O5S. The highest BCUT2D eigenvalue weighted by molar-refractivity contribution is 7.16. The number of benzene rings is 1. The molecule has 0 saturated carbocycles. The van der Waals surface area contributed by atoms with Crippen LogP contribution in [0, 0.1) is 0 Å². The van der Waals surface area contributed by atoms with Crippen molar-refractivity contribution in [3.8, 4) is 11.5 Å². The van der Waals surface area contributed by atoms with Crippen LogP contribution in [0.4, 0.5) is 8.78 Å². The molecule has 0 amide bonds. The molecule has 2 heterocycles. The molecule has 0 N–H and O–H groups in total. The third-order valence-corrected chi connectivity index (χ3v) is 4.66. The maximum absolute atomic E-state index is 12.4. The van der Waals surface area contributed by atoms with Gasteiger partial charge in [-0.2, -0.15) is 18.4 Å². The largest absolute Gasteiger partial charge is 0.493 e. The Balaban J connectivity index is 1.75. The number of aryl methyl sites for hydroxylation is 1. The molecule has 1 aromatic carbocycles. The average Bonchev–Trinajstić information content (AvgIpc) is 3.10. The van der Waals surface area contributed by atoms with Gasteiger partial charge in [0.25, 0.3) is 5.56 Å². The van der Waals surface area contributed by atoms with Crippen LogP contribution in [0.1, 0.15) is 28.0 Å². The zero-order valence-corrected chi connectivity index (χ0v) is 15.7. The van der Waals surface area contributed by atoms with E-state index in [1.54, 1.807) is 0 Å². The van der Waals surface area contributed by atoms with E-state index >= 15 is 0 Å². The lowest BCUT2D eigenvalue weighted by atomic mass is 10.2. The van der Waals surface area contributed by atoms with E-state index in [1.165, 1.54) is 47.2 Å². The molecule has 0 radical (unpaired) electrons. The molecule has 2 aromatic heterocycles. The topological polar surface area (TPSA) is 92.0 Å². The number of fused-ring (bicyclic) bond motifs is 1. The second kappa shape index (κ2) is 8.30. The van der Waals surface area contributed by atoms with Crippen LogP contribution >= 0.6 is 11.3 Å². The summed E-state index contributed by atoms with van der Waals surface area (Å²) in [4.78, 5) is 29.0. The summed E-state index contributed by atoms with van der Waals surface area (Å²) in [5.74, 6) is -0.974. The van der Waals surface area contributed by atoms with Crippen molar-refractivity contribution in [2.75, 3.05) is 7.11 Å². The summed E-state index contributed by atoms with van der Waals surface area (Å²) in [6, 6.07) is 4.91.